The minimum Gasteiger partial charge on any atom is -0.388 e. The molecule has 0 saturated carbocycles. The molecule has 1 aromatic carbocycles. The Morgan fingerprint density at radius 1 is 1.37 bits per heavy atom. The normalized spacial score (nSPS) is 22.6. The first-order valence-electron chi connectivity index (χ1n) is 5.49. The van der Waals surface area contributed by atoms with Crippen molar-refractivity contribution in [3.05, 3.63) is 38.3 Å². The van der Waals surface area contributed by atoms with Crippen molar-refractivity contribution in [1.29, 1.82) is 0 Å². The average molecular weight is 331 g/mol. The van der Waals surface area contributed by atoms with Gasteiger partial charge in [0, 0.05) is 24.7 Å². The van der Waals surface area contributed by atoms with Crippen LogP contribution in [0.25, 0.3) is 0 Å². The smallest absolute Gasteiger partial charge is 0.284 e. The second-order valence-corrected chi connectivity index (χ2v) is 5.12. The van der Waals surface area contributed by atoms with Crippen molar-refractivity contribution in [2.45, 2.75) is 12.2 Å². The molecule has 1 amide bonds. The Labute approximate surface area is 116 Å². The van der Waals surface area contributed by atoms with E-state index >= 15 is 0 Å². The van der Waals surface area contributed by atoms with Gasteiger partial charge in [0.25, 0.3) is 11.6 Å². The summed E-state index contributed by atoms with van der Waals surface area (Å²) in [5.41, 5.74) is -0.0534. The summed E-state index contributed by atoms with van der Waals surface area (Å²) >= 11 is 3.04. The van der Waals surface area contributed by atoms with Gasteiger partial charge in [-0.2, -0.15) is 0 Å². The van der Waals surface area contributed by atoms with Crippen molar-refractivity contribution in [1.82, 2.24) is 4.90 Å². The molecule has 8 heteroatoms. The fourth-order valence-corrected chi connectivity index (χ4v) is 2.29. The summed E-state index contributed by atoms with van der Waals surface area (Å²) in [5, 5.41) is 29.6. The predicted molar refractivity (Wildman–Crippen MR) is 68.7 cm³/mol. The highest BCUT2D eigenvalue weighted by molar-refractivity contribution is 9.10. The van der Waals surface area contributed by atoms with Crippen LogP contribution in [0, 0.1) is 10.1 Å². The number of halogens is 1. The third kappa shape index (κ3) is 2.75. The van der Waals surface area contributed by atoms with E-state index in [1.54, 1.807) is 0 Å². The molecular formula is C11H11BrN2O5. The van der Waals surface area contributed by atoms with E-state index in [4.69, 9.17) is 0 Å². The first-order chi connectivity index (χ1) is 8.90. The number of hydrogen-bond donors (Lipinski definition) is 2. The number of likely N-dealkylation sites (tertiary alicyclic amines) is 1. The van der Waals surface area contributed by atoms with E-state index in [1.165, 1.54) is 23.1 Å². The predicted octanol–water partition coefficient (Wildman–Crippen LogP) is 0.535. The molecule has 1 heterocycles. The SMILES string of the molecule is O=C(c1ccc(Br)c([N+](=O)[O-])c1)N1C[C@@H](O)[C@@H](O)C1. The molecule has 1 aromatic rings. The van der Waals surface area contributed by atoms with E-state index in [9.17, 15) is 25.1 Å². The van der Waals surface area contributed by atoms with E-state index in [1.807, 2.05) is 0 Å². The van der Waals surface area contributed by atoms with Crippen LogP contribution < -0.4 is 0 Å². The number of aliphatic hydroxyl groups excluding tert-OH is 2. The Kier molecular flexibility index (Phi) is 3.83. The Hall–Kier alpha value is -1.51. The van der Waals surface area contributed by atoms with Gasteiger partial charge < -0.3 is 15.1 Å². The lowest BCUT2D eigenvalue weighted by Crippen LogP contribution is -2.29. The molecule has 0 radical (unpaired) electrons. The molecule has 0 aromatic heterocycles. The Bertz CT molecular complexity index is 526. The summed E-state index contributed by atoms with van der Waals surface area (Å²) in [6.07, 6.45) is -1.95. The third-order valence-corrected chi connectivity index (χ3v) is 3.61. The Morgan fingerprint density at radius 3 is 2.47 bits per heavy atom. The van der Waals surface area contributed by atoms with Crippen LogP contribution in [0.4, 0.5) is 5.69 Å². The molecule has 1 fully saturated rings. The van der Waals surface area contributed by atoms with Crippen LogP contribution in [0.5, 0.6) is 0 Å². The molecule has 0 aliphatic carbocycles. The van der Waals surface area contributed by atoms with Gasteiger partial charge in [0.05, 0.1) is 21.6 Å². The van der Waals surface area contributed by atoms with Gasteiger partial charge in [0.1, 0.15) is 0 Å². The molecule has 19 heavy (non-hydrogen) atoms. The van der Waals surface area contributed by atoms with Gasteiger partial charge in [-0.1, -0.05) is 0 Å². The fourth-order valence-electron chi connectivity index (χ4n) is 1.90. The number of hydrogen-bond acceptors (Lipinski definition) is 5. The third-order valence-electron chi connectivity index (χ3n) is 2.94. The van der Waals surface area contributed by atoms with Crippen molar-refractivity contribution in [3.63, 3.8) is 0 Å². The number of nitro groups is 1. The number of amides is 1. The highest BCUT2D eigenvalue weighted by atomic mass is 79.9. The molecule has 2 atom stereocenters. The van der Waals surface area contributed by atoms with Crippen molar-refractivity contribution in [2.75, 3.05) is 13.1 Å². The topological polar surface area (TPSA) is 104 Å². The average Bonchev–Trinajstić information content (AvgIpc) is 2.69. The van der Waals surface area contributed by atoms with E-state index in [-0.39, 0.29) is 28.8 Å². The van der Waals surface area contributed by atoms with E-state index < -0.39 is 23.0 Å². The maximum atomic E-state index is 12.1. The van der Waals surface area contributed by atoms with Crippen molar-refractivity contribution >= 4 is 27.5 Å². The van der Waals surface area contributed by atoms with Crippen LogP contribution in [-0.4, -0.2) is 51.2 Å². The maximum Gasteiger partial charge on any atom is 0.284 e. The zero-order valence-electron chi connectivity index (χ0n) is 9.69. The van der Waals surface area contributed by atoms with Gasteiger partial charge in [0.2, 0.25) is 0 Å². The molecule has 0 unspecified atom stereocenters. The van der Waals surface area contributed by atoms with Crippen LogP contribution in [0.1, 0.15) is 10.4 Å². The van der Waals surface area contributed by atoms with Crippen LogP contribution >= 0.6 is 15.9 Å². The van der Waals surface area contributed by atoms with Gasteiger partial charge in [-0.05, 0) is 28.1 Å². The number of β-amino-alcohol motifs (C(OH)–C–C–N with tert-alkyl or cyclic N) is 2. The second kappa shape index (κ2) is 5.24. The number of aliphatic hydroxyl groups is 2. The minimum atomic E-state index is -0.977. The van der Waals surface area contributed by atoms with Crippen LogP contribution in [0.2, 0.25) is 0 Å². The molecule has 0 spiro atoms. The quantitative estimate of drug-likeness (QED) is 0.608. The zero-order valence-corrected chi connectivity index (χ0v) is 11.3. The van der Waals surface area contributed by atoms with Gasteiger partial charge >= 0.3 is 0 Å². The lowest BCUT2D eigenvalue weighted by Gasteiger charge is -2.15. The largest absolute Gasteiger partial charge is 0.388 e. The molecule has 0 bridgehead atoms. The van der Waals surface area contributed by atoms with Crippen LogP contribution in [0.3, 0.4) is 0 Å². The lowest BCUT2D eigenvalue weighted by atomic mass is 10.2. The molecule has 102 valence electrons. The van der Waals surface area contributed by atoms with Gasteiger partial charge in [-0.15, -0.1) is 0 Å². The first-order valence-corrected chi connectivity index (χ1v) is 6.29. The highest BCUT2D eigenvalue weighted by Gasteiger charge is 2.33. The molecule has 1 saturated heterocycles. The Morgan fingerprint density at radius 2 is 1.95 bits per heavy atom. The van der Waals surface area contributed by atoms with Crippen molar-refractivity contribution < 1.29 is 19.9 Å². The number of rotatable bonds is 2. The number of benzene rings is 1. The van der Waals surface area contributed by atoms with Gasteiger partial charge in [-0.25, -0.2) is 0 Å². The summed E-state index contributed by atoms with van der Waals surface area (Å²) in [6, 6.07) is 4.05. The van der Waals surface area contributed by atoms with E-state index in [0.29, 0.717) is 0 Å². The standard InChI is InChI=1S/C11H11BrN2O5/c12-7-2-1-6(3-8(7)14(18)19)11(17)13-4-9(15)10(16)5-13/h1-3,9-10,15-16H,4-5H2/t9-,10+. The summed E-state index contributed by atoms with van der Waals surface area (Å²) in [7, 11) is 0. The monoisotopic (exact) mass is 330 g/mol. The van der Waals surface area contributed by atoms with Crippen LogP contribution in [0.15, 0.2) is 22.7 Å². The number of nitro benzene ring substituents is 1. The molecule has 7 nitrogen and oxygen atoms in total. The number of nitrogens with zero attached hydrogens (tertiary/aromatic N) is 2. The first kappa shape index (κ1) is 13.9. The molecule has 1 aliphatic heterocycles. The molecule has 2 rings (SSSR count). The van der Waals surface area contributed by atoms with Crippen molar-refractivity contribution in [3.8, 4) is 0 Å². The maximum absolute atomic E-state index is 12.1. The molecule has 1 aliphatic rings. The molecule has 2 N–H and O–H groups in total. The highest BCUT2D eigenvalue weighted by Crippen LogP contribution is 2.26. The van der Waals surface area contributed by atoms with E-state index in [0.717, 1.165) is 0 Å². The lowest BCUT2D eigenvalue weighted by molar-refractivity contribution is -0.385. The van der Waals surface area contributed by atoms with E-state index in [2.05, 4.69) is 15.9 Å². The Balaban J connectivity index is 2.25. The molecular weight excluding hydrogens is 320 g/mol. The van der Waals surface area contributed by atoms with Crippen molar-refractivity contribution in [2.24, 2.45) is 0 Å². The van der Waals surface area contributed by atoms with Gasteiger partial charge in [0.15, 0.2) is 0 Å². The van der Waals surface area contributed by atoms with Crippen LogP contribution in [-0.2, 0) is 0 Å². The number of carbonyl (C=O) groups excluding carboxylic acids is 1. The van der Waals surface area contributed by atoms with Gasteiger partial charge in [-0.3, -0.25) is 14.9 Å². The zero-order chi connectivity index (χ0) is 14.2. The summed E-state index contributed by atoms with van der Waals surface area (Å²) in [5.74, 6) is -0.453. The summed E-state index contributed by atoms with van der Waals surface area (Å²) < 4.78 is 0.288. The fraction of sp³-hybridized carbons (Fsp3) is 0.364. The second-order valence-electron chi connectivity index (χ2n) is 4.27. The number of carbonyl (C=O) groups is 1. The summed E-state index contributed by atoms with van der Waals surface area (Å²) in [6.45, 7) is 0.0354. The minimum absolute atomic E-state index is 0.0177. The summed E-state index contributed by atoms with van der Waals surface area (Å²) in [4.78, 5) is 23.6.